The Morgan fingerprint density at radius 2 is 2.13 bits per heavy atom. The van der Waals surface area contributed by atoms with E-state index in [0.717, 1.165) is 12.8 Å². The number of nitrogens with one attached hydrogen (secondary N) is 1. The molecule has 1 N–H and O–H groups in total. The molecule has 23 heavy (non-hydrogen) atoms. The van der Waals surface area contributed by atoms with E-state index < -0.39 is 18.2 Å². The number of urea groups is 1. The van der Waals surface area contributed by atoms with Crippen molar-refractivity contribution in [1.29, 1.82) is 0 Å². The van der Waals surface area contributed by atoms with Crippen LogP contribution in [0, 0.1) is 0 Å². The number of thioether (sulfide) groups is 1. The fraction of sp³-hybridized carbons (Fsp3) is 0.714. The van der Waals surface area contributed by atoms with Gasteiger partial charge in [0.25, 0.3) is 5.91 Å². The van der Waals surface area contributed by atoms with Gasteiger partial charge in [-0.15, -0.1) is 0 Å². The van der Waals surface area contributed by atoms with Crippen LogP contribution in [0.3, 0.4) is 0 Å². The summed E-state index contributed by atoms with van der Waals surface area (Å²) < 4.78 is 4.92. The van der Waals surface area contributed by atoms with Crippen LogP contribution in [0.2, 0.25) is 0 Å². The molecule has 0 spiro atoms. The van der Waals surface area contributed by atoms with Crippen LogP contribution in [0.4, 0.5) is 4.79 Å². The van der Waals surface area contributed by atoms with Crippen molar-refractivity contribution in [3.8, 4) is 0 Å². The summed E-state index contributed by atoms with van der Waals surface area (Å²) in [5, 5.41) is 2.95. The fourth-order valence-electron chi connectivity index (χ4n) is 2.51. The topological polar surface area (TPSA) is 91.3 Å². The van der Waals surface area contributed by atoms with Crippen molar-refractivity contribution in [3.05, 3.63) is 0 Å². The van der Waals surface area contributed by atoms with Crippen molar-refractivity contribution in [2.45, 2.75) is 38.9 Å². The van der Waals surface area contributed by atoms with E-state index in [4.69, 9.17) is 4.74 Å². The molecule has 1 fully saturated rings. The third-order valence-electron chi connectivity index (χ3n) is 3.70. The predicted octanol–water partition coefficient (Wildman–Crippen LogP) is 0.631. The Morgan fingerprint density at radius 1 is 1.39 bits per heavy atom. The van der Waals surface area contributed by atoms with Crippen LogP contribution < -0.4 is 5.32 Å². The quantitative estimate of drug-likeness (QED) is 0.712. The lowest BCUT2D eigenvalue weighted by Crippen LogP contribution is -2.63. The van der Waals surface area contributed by atoms with E-state index in [-0.39, 0.29) is 17.6 Å². The molecule has 0 radical (unpaired) electrons. The molecule has 9 heteroatoms. The van der Waals surface area contributed by atoms with Gasteiger partial charge in [-0.3, -0.25) is 14.9 Å². The Labute approximate surface area is 139 Å². The number of nitrogens with zero attached hydrogens (tertiary/aromatic N) is 3. The van der Waals surface area contributed by atoms with Gasteiger partial charge in [0.15, 0.2) is 17.4 Å². The highest BCUT2D eigenvalue weighted by Crippen LogP contribution is 2.28. The van der Waals surface area contributed by atoms with Gasteiger partial charge in [-0.2, -0.15) is 0 Å². The maximum atomic E-state index is 12.2. The zero-order chi connectivity index (χ0) is 17.0. The number of aliphatic imine (C=N–C) groups is 1. The standard InChI is InChI=1S/C14H22N4O4S/c1-4-6-7-18-10-11(17(3)13(21)16-12(10)20)15-14(18)23-8-9(19)22-5-2/h10-11H,4-8H2,1-3H3,(H,16,20,21). The molecular weight excluding hydrogens is 320 g/mol. The van der Waals surface area contributed by atoms with E-state index in [2.05, 4.69) is 17.2 Å². The molecule has 0 aromatic heterocycles. The second-order valence-corrected chi connectivity index (χ2v) is 6.26. The molecule has 0 aromatic carbocycles. The first-order valence-corrected chi connectivity index (χ1v) is 8.68. The Morgan fingerprint density at radius 3 is 2.78 bits per heavy atom. The molecular formula is C14H22N4O4S. The molecule has 2 aliphatic heterocycles. The molecule has 8 nitrogen and oxygen atoms in total. The first kappa shape index (κ1) is 17.6. The largest absolute Gasteiger partial charge is 0.465 e. The molecule has 2 aliphatic rings. The van der Waals surface area contributed by atoms with E-state index >= 15 is 0 Å². The summed E-state index contributed by atoms with van der Waals surface area (Å²) in [6.45, 7) is 4.80. The molecule has 2 rings (SSSR count). The molecule has 0 aliphatic carbocycles. The van der Waals surface area contributed by atoms with Gasteiger partial charge in [-0.25, -0.2) is 9.79 Å². The second-order valence-electron chi connectivity index (χ2n) is 5.32. The molecule has 2 unspecified atom stereocenters. The zero-order valence-corrected chi connectivity index (χ0v) is 14.4. The first-order valence-electron chi connectivity index (χ1n) is 7.70. The number of ether oxygens (including phenoxy) is 1. The van der Waals surface area contributed by atoms with Crippen LogP contribution in [0.15, 0.2) is 4.99 Å². The number of carbonyl (C=O) groups excluding carboxylic acids is 3. The lowest BCUT2D eigenvalue weighted by atomic mass is 10.1. The van der Waals surface area contributed by atoms with Gasteiger partial charge in [-0.05, 0) is 13.3 Å². The van der Waals surface area contributed by atoms with Gasteiger partial charge in [0, 0.05) is 13.6 Å². The van der Waals surface area contributed by atoms with Crippen molar-refractivity contribution in [2.75, 3.05) is 26.0 Å². The summed E-state index contributed by atoms with van der Waals surface area (Å²) in [4.78, 5) is 43.3. The highest BCUT2D eigenvalue weighted by molar-refractivity contribution is 8.14. The van der Waals surface area contributed by atoms with E-state index in [1.54, 1.807) is 14.0 Å². The van der Waals surface area contributed by atoms with Gasteiger partial charge < -0.3 is 14.5 Å². The number of hydrogen-bond acceptors (Lipinski definition) is 7. The molecule has 0 bridgehead atoms. The summed E-state index contributed by atoms with van der Waals surface area (Å²) in [5.41, 5.74) is 0. The number of fused-ring (bicyclic) bond motifs is 1. The number of likely N-dealkylation sites (N-methyl/N-ethyl adjacent to an activating group) is 1. The number of rotatable bonds is 6. The summed E-state index contributed by atoms with van der Waals surface area (Å²) >= 11 is 1.25. The van der Waals surface area contributed by atoms with Crippen molar-refractivity contribution in [2.24, 2.45) is 4.99 Å². The number of hydrogen-bond donors (Lipinski definition) is 1. The Kier molecular flexibility index (Phi) is 5.86. The maximum absolute atomic E-state index is 12.2. The molecule has 2 atom stereocenters. The minimum Gasteiger partial charge on any atom is -0.465 e. The van der Waals surface area contributed by atoms with Gasteiger partial charge in [0.05, 0.1) is 12.4 Å². The number of esters is 1. The number of imide groups is 1. The summed E-state index contributed by atoms with van der Waals surface area (Å²) in [5.74, 6) is -0.530. The van der Waals surface area contributed by atoms with Crippen molar-refractivity contribution < 1.29 is 19.1 Å². The highest BCUT2D eigenvalue weighted by Gasteiger charge is 2.48. The molecule has 0 aromatic rings. The van der Waals surface area contributed by atoms with Crippen molar-refractivity contribution in [3.63, 3.8) is 0 Å². The molecule has 3 amide bonds. The minimum absolute atomic E-state index is 0.133. The van der Waals surface area contributed by atoms with Crippen LogP contribution in [0.1, 0.15) is 26.7 Å². The lowest BCUT2D eigenvalue weighted by molar-refractivity contribution is -0.139. The molecule has 0 saturated carbocycles. The van der Waals surface area contributed by atoms with E-state index in [9.17, 15) is 14.4 Å². The van der Waals surface area contributed by atoms with Gasteiger partial charge in [-0.1, -0.05) is 25.1 Å². The third kappa shape index (κ3) is 3.77. The van der Waals surface area contributed by atoms with Crippen LogP contribution >= 0.6 is 11.8 Å². The maximum Gasteiger partial charge on any atom is 0.325 e. The minimum atomic E-state index is -0.544. The normalized spacial score (nSPS) is 23.5. The van der Waals surface area contributed by atoms with E-state index in [1.807, 2.05) is 4.90 Å². The highest BCUT2D eigenvalue weighted by atomic mass is 32.2. The monoisotopic (exact) mass is 342 g/mol. The number of amidine groups is 1. The van der Waals surface area contributed by atoms with E-state index in [1.165, 1.54) is 16.7 Å². The zero-order valence-electron chi connectivity index (χ0n) is 13.6. The van der Waals surface area contributed by atoms with Crippen LogP contribution in [0.25, 0.3) is 0 Å². The van der Waals surface area contributed by atoms with Gasteiger partial charge in [0.2, 0.25) is 0 Å². The summed E-state index contributed by atoms with van der Waals surface area (Å²) in [6, 6.07) is -0.985. The average molecular weight is 342 g/mol. The Balaban J connectivity index is 2.14. The van der Waals surface area contributed by atoms with Crippen molar-refractivity contribution in [1.82, 2.24) is 15.1 Å². The summed E-state index contributed by atoms with van der Waals surface area (Å²) in [6.07, 6.45) is 1.32. The lowest BCUT2D eigenvalue weighted by Gasteiger charge is -2.36. The summed E-state index contributed by atoms with van der Waals surface area (Å²) in [7, 11) is 1.61. The van der Waals surface area contributed by atoms with E-state index in [0.29, 0.717) is 18.3 Å². The predicted molar refractivity (Wildman–Crippen MR) is 87.0 cm³/mol. The van der Waals surface area contributed by atoms with Gasteiger partial charge in [0.1, 0.15) is 0 Å². The Hall–Kier alpha value is -1.77. The molecule has 128 valence electrons. The van der Waals surface area contributed by atoms with Gasteiger partial charge >= 0.3 is 12.0 Å². The molecule has 2 heterocycles. The molecule has 1 saturated heterocycles. The number of unbranched alkanes of at least 4 members (excludes halogenated alkanes) is 1. The average Bonchev–Trinajstić information content (AvgIpc) is 2.88. The first-order chi connectivity index (χ1) is 11.0. The van der Waals surface area contributed by atoms with Crippen molar-refractivity contribution >= 4 is 34.8 Å². The van der Waals surface area contributed by atoms with Crippen LogP contribution in [-0.2, 0) is 14.3 Å². The van der Waals surface area contributed by atoms with Crippen LogP contribution in [-0.4, -0.2) is 71.0 Å². The smallest absolute Gasteiger partial charge is 0.325 e. The Bertz CT molecular complexity index is 525. The SMILES string of the molecule is CCCCN1C(SCC(=O)OCC)=NC2C1C(=O)NC(=O)N2C. The fourth-order valence-corrected chi connectivity index (χ4v) is 3.39. The third-order valence-corrected chi connectivity index (χ3v) is 4.68. The number of amides is 3. The second kappa shape index (κ2) is 7.67. The van der Waals surface area contributed by atoms with Crippen LogP contribution in [0.5, 0.6) is 0 Å². The number of carbonyl (C=O) groups is 3.